The molecule has 1 aliphatic rings. The third-order valence-corrected chi connectivity index (χ3v) is 5.39. The molecule has 1 N–H and O–H groups in total. The Morgan fingerprint density at radius 3 is 2.19 bits per heavy atom. The van der Waals surface area contributed by atoms with Crippen LogP contribution in [0, 0.1) is 5.41 Å². The van der Waals surface area contributed by atoms with Crippen molar-refractivity contribution in [2.24, 2.45) is 5.41 Å². The lowest BCUT2D eigenvalue weighted by Crippen LogP contribution is -2.37. The van der Waals surface area contributed by atoms with E-state index < -0.39 is 9.84 Å². The lowest BCUT2D eigenvalue weighted by atomic mass is 9.85. The number of hydrogen-bond donors (Lipinski definition) is 1. The number of sulfone groups is 1. The number of anilines is 1. The van der Waals surface area contributed by atoms with Crippen molar-refractivity contribution in [2.45, 2.75) is 30.6 Å². The molecule has 1 aliphatic carbocycles. The molecule has 0 spiro atoms. The minimum absolute atomic E-state index is 0.346. The van der Waals surface area contributed by atoms with Gasteiger partial charge in [0.2, 0.25) is 0 Å². The largest absolute Gasteiger partial charge is 0.384 e. The van der Waals surface area contributed by atoms with Gasteiger partial charge in [-0.2, -0.15) is 0 Å². The fraction of sp³-hybridized carbons (Fsp3) is 0.625. The Kier molecular flexibility index (Phi) is 4.94. The Hall–Kier alpha value is -1.07. The summed E-state index contributed by atoms with van der Waals surface area (Å²) in [5, 5.41) is 3.49. The molecule has 4 nitrogen and oxygen atoms in total. The maximum Gasteiger partial charge on any atom is 0.175 e. The Morgan fingerprint density at radius 1 is 1.14 bits per heavy atom. The van der Waals surface area contributed by atoms with Gasteiger partial charge in [0.05, 0.1) is 4.90 Å². The van der Waals surface area contributed by atoms with Crippen molar-refractivity contribution in [3.63, 3.8) is 0 Å². The number of nitrogens with zero attached hydrogens (tertiary/aromatic N) is 1. The minimum Gasteiger partial charge on any atom is -0.384 e. The van der Waals surface area contributed by atoms with Crippen LogP contribution in [0.25, 0.3) is 0 Å². The summed E-state index contributed by atoms with van der Waals surface area (Å²) in [6.07, 6.45) is 6.38. The van der Waals surface area contributed by atoms with Crippen molar-refractivity contribution >= 4 is 15.5 Å². The van der Waals surface area contributed by atoms with Crippen molar-refractivity contribution in [1.82, 2.24) is 4.90 Å². The zero-order chi connectivity index (χ0) is 15.5. The van der Waals surface area contributed by atoms with Crippen LogP contribution in [0.2, 0.25) is 0 Å². The van der Waals surface area contributed by atoms with Crippen LogP contribution in [0.3, 0.4) is 0 Å². The van der Waals surface area contributed by atoms with E-state index in [1.165, 1.54) is 31.9 Å². The molecule has 0 unspecified atom stereocenters. The van der Waals surface area contributed by atoms with Crippen LogP contribution >= 0.6 is 0 Å². The van der Waals surface area contributed by atoms with E-state index in [9.17, 15) is 8.42 Å². The topological polar surface area (TPSA) is 49.4 Å². The van der Waals surface area contributed by atoms with Crippen LogP contribution in [0.1, 0.15) is 25.7 Å². The van der Waals surface area contributed by atoms with Crippen LogP contribution in [0.4, 0.5) is 5.69 Å². The van der Waals surface area contributed by atoms with Gasteiger partial charge < -0.3 is 10.2 Å². The van der Waals surface area contributed by atoms with Gasteiger partial charge in [-0.05, 0) is 51.2 Å². The van der Waals surface area contributed by atoms with Gasteiger partial charge in [0, 0.05) is 30.4 Å². The van der Waals surface area contributed by atoms with Crippen molar-refractivity contribution in [1.29, 1.82) is 0 Å². The Labute approximate surface area is 128 Å². The van der Waals surface area contributed by atoms with E-state index in [4.69, 9.17) is 0 Å². The highest BCUT2D eigenvalue weighted by Gasteiger charge is 2.34. The first-order valence-corrected chi connectivity index (χ1v) is 9.39. The SMILES string of the molecule is CN(C)CC1(CNc2ccc(S(C)(=O)=O)cc2)CCCC1. The zero-order valence-electron chi connectivity index (χ0n) is 13.2. The van der Waals surface area contributed by atoms with Gasteiger partial charge in [0.1, 0.15) is 0 Å². The van der Waals surface area contributed by atoms with Crippen LogP contribution in [-0.2, 0) is 9.84 Å². The van der Waals surface area contributed by atoms with E-state index in [1.807, 2.05) is 12.1 Å². The van der Waals surface area contributed by atoms with Crippen molar-refractivity contribution < 1.29 is 8.42 Å². The van der Waals surface area contributed by atoms with E-state index in [2.05, 4.69) is 24.3 Å². The minimum atomic E-state index is -3.11. The maximum absolute atomic E-state index is 11.5. The Morgan fingerprint density at radius 2 is 1.71 bits per heavy atom. The standard InChI is InChI=1S/C16H26N2O2S/c1-18(2)13-16(10-4-5-11-16)12-17-14-6-8-15(9-7-14)21(3,19)20/h6-9,17H,4-5,10-13H2,1-3H3. The summed E-state index contributed by atoms with van der Waals surface area (Å²) >= 11 is 0. The van der Waals surface area contributed by atoms with Crippen molar-refractivity contribution in [2.75, 3.05) is 38.8 Å². The lowest BCUT2D eigenvalue weighted by molar-refractivity contribution is 0.215. The molecule has 118 valence electrons. The molecule has 0 aromatic heterocycles. The average Bonchev–Trinajstić information content (AvgIpc) is 2.84. The normalized spacial score (nSPS) is 18.1. The molecule has 2 rings (SSSR count). The fourth-order valence-corrected chi connectivity index (χ4v) is 3.93. The predicted molar refractivity (Wildman–Crippen MR) is 87.5 cm³/mol. The van der Waals surface area contributed by atoms with Gasteiger partial charge in [-0.25, -0.2) is 8.42 Å². The molecule has 21 heavy (non-hydrogen) atoms. The molecule has 0 atom stereocenters. The number of nitrogens with one attached hydrogen (secondary N) is 1. The molecule has 0 radical (unpaired) electrons. The van der Waals surface area contributed by atoms with Crippen molar-refractivity contribution in [3.8, 4) is 0 Å². The highest BCUT2D eigenvalue weighted by molar-refractivity contribution is 7.90. The maximum atomic E-state index is 11.5. The van der Waals surface area contributed by atoms with Gasteiger partial charge in [0.15, 0.2) is 9.84 Å². The summed E-state index contributed by atoms with van der Waals surface area (Å²) in [5.41, 5.74) is 1.34. The summed E-state index contributed by atoms with van der Waals surface area (Å²) in [4.78, 5) is 2.64. The molecular weight excluding hydrogens is 284 g/mol. The second-order valence-electron chi connectivity index (χ2n) is 6.59. The van der Waals surface area contributed by atoms with Crippen LogP contribution in [0.5, 0.6) is 0 Å². The summed E-state index contributed by atoms with van der Waals surface area (Å²) in [6, 6.07) is 7.05. The molecule has 1 aromatic carbocycles. The lowest BCUT2D eigenvalue weighted by Gasteiger charge is -2.32. The molecule has 0 saturated heterocycles. The third-order valence-electron chi connectivity index (χ3n) is 4.27. The van der Waals surface area contributed by atoms with Gasteiger partial charge >= 0.3 is 0 Å². The number of rotatable bonds is 6. The molecular formula is C16H26N2O2S. The molecule has 5 heteroatoms. The smallest absolute Gasteiger partial charge is 0.175 e. The summed E-state index contributed by atoms with van der Waals surface area (Å²) in [6.45, 7) is 2.05. The van der Waals surface area contributed by atoms with Crippen LogP contribution in [0.15, 0.2) is 29.2 Å². The molecule has 0 heterocycles. The second kappa shape index (κ2) is 6.36. The first-order valence-electron chi connectivity index (χ1n) is 7.50. The van der Waals surface area contributed by atoms with Gasteiger partial charge in [-0.3, -0.25) is 0 Å². The van der Waals surface area contributed by atoms with Gasteiger partial charge in [0.25, 0.3) is 0 Å². The van der Waals surface area contributed by atoms with E-state index >= 15 is 0 Å². The highest BCUT2D eigenvalue weighted by atomic mass is 32.2. The first-order chi connectivity index (χ1) is 9.81. The average molecular weight is 310 g/mol. The number of benzene rings is 1. The van der Waals surface area contributed by atoms with E-state index in [-0.39, 0.29) is 0 Å². The monoisotopic (exact) mass is 310 g/mol. The Balaban J connectivity index is 2.01. The summed E-state index contributed by atoms with van der Waals surface area (Å²) in [7, 11) is 1.14. The van der Waals surface area contributed by atoms with Crippen molar-refractivity contribution in [3.05, 3.63) is 24.3 Å². The van der Waals surface area contributed by atoms with E-state index in [1.54, 1.807) is 12.1 Å². The molecule has 0 aliphatic heterocycles. The Bertz CT molecular complexity index is 558. The molecule has 0 bridgehead atoms. The number of hydrogen-bond acceptors (Lipinski definition) is 4. The summed E-state index contributed by atoms with van der Waals surface area (Å²) in [5.74, 6) is 0. The quantitative estimate of drug-likeness (QED) is 0.877. The van der Waals surface area contributed by atoms with E-state index in [0.29, 0.717) is 10.3 Å². The second-order valence-corrected chi connectivity index (χ2v) is 8.61. The third kappa shape index (κ3) is 4.45. The molecule has 1 aromatic rings. The van der Waals surface area contributed by atoms with E-state index in [0.717, 1.165) is 18.8 Å². The summed E-state index contributed by atoms with van der Waals surface area (Å²) < 4.78 is 22.9. The fourth-order valence-electron chi connectivity index (χ4n) is 3.30. The van der Waals surface area contributed by atoms with Gasteiger partial charge in [-0.15, -0.1) is 0 Å². The molecule has 1 fully saturated rings. The van der Waals surface area contributed by atoms with Crippen LogP contribution in [-0.4, -0.2) is 46.8 Å². The van der Waals surface area contributed by atoms with Gasteiger partial charge in [-0.1, -0.05) is 12.8 Å². The highest BCUT2D eigenvalue weighted by Crippen LogP contribution is 2.38. The molecule has 0 amide bonds. The predicted octanol–water partition coefficient (Wildman–Crippen LogP) is 2.62. The molecule has 1 saturated carbocycles. The zero-order valence-corrected chi connectivity index (χ0v) is 14.0. The first kappa shape index (κ1) is 16.3. The van der Waals surface area contributed by atoms with Crippen LogP contribution < -0.4 is 5.32 Å².